The number of aliphatic hydroxyl groups is 1. The number of aliphatic hydroxyl groups excluding tert-OH is 1. The van der Waals surface area contributed by atoms with Gasteiger partial charge in [-0.25, -0.2) is 0 Å². The van der Waals surface area contributed by atoms with Crippen LogP contribution in [-0.4, -0.2) is 27.5 Å². The van der Waals surface area contributed by atoms with Gasteiger partial charge >= 0.3 is 0 Å². The van der Waals surface area contributed by atoms with Crippen LogP contribution >= 0.6 is 0 Å². The van der Waals surface area contributed by atoms with Gasteiger partial charge in [0.15, 0.2) is 0 Å². The van der Waals surface area contributed by atoms with Crippen LogP contribution in [0.25, 0.3) is 16.7 Å². The van der Waals surface area contributed by atoms with Gasteiger partial charge < -0.3 is 14.4 Å². The summed E-state index contributed by atoms with van der Waals surface area (Å²) in [7, 11) is 1.93. The Balaban J connectivity index is 1.77. The van der Waals surface area contributed by atoms with Crippen molar-refractivity contribution in [2.24, 2.45) is 7.05 Å². The van der Waals surface area contributed by atoms with Crippen LogP contribution in [0.3, 0.4) is 0 Å². The highest BCUT2D eigenvalue weighted by Crippen LogP contribution is 2.45. The lowest BCUT2D eigenvalue weighted by Crippen LogP contribution is -2.29. The van der Waals surface area contributed by atoms with E-state index in [1.165, 1.54) is 4.90 Å². The molecule has 188 valence electrons. The summed E-state index contributed by atoms with van der Waals surface area (Å²) in [5.74, 6) is -1.04. The number of carbonyl (C=O) groups excluding carboxylic acids is 2. The number of Topliss-reactive ketones (excluding diaryl/α,β-unsaturated/α-hetero) is 1. The molecule has 1 fully saturated rings. The number of amides is 1. The number of fused-ring (bicyclic) bond motifs is 1. The number of hydrogen-bond acceptors (Lipinski definition) is 4. The zero-order chi connectivity index (χ0) is 26.4. The molecule has 0 spiro atoms. The van der Waals surface area contributed by atoms with E-state index in [1.807, 2.05) is 88.0 Å². The Kier molecular flexibility index (Phi) is 6.12. The molecule has 1 atom stereocenters. The molecule has 1 saturated heterocycles. The maximum Gasteiger partial charge on any atom is 0.300 e. The number of ketones is 1. The van der Waals surface area contributed by atoms with Crippen LogP contribution in [0.1, 0.15) is 42.1 Å². The second kappa shape index (κ2) is 9.28. The van der Waals surface area contributed by atoms with Gasteiger partial charge in [0.05, 0.1) is 17.7 Å². The topological polar surface area (TPSA) is 71.8 Å². The van der Waals surface area contributed by atoms with E-state index in [9.17, 15) is 14.7 Å². The van der Waals surface area contributed by atoms with Crippen LogP contribution in [0.2, 0.25) is 0 Å². The second-order valence-corrected chi connectivity index (χ2v) is 9.84. The fourth-order valence-corrected chi connectivity index (χ4v) is 5.00. The number of anilines is 1. The molecule has 2 heterocycles. The molecule has 6 heteroatoms. The smallest absolute Gasteiger partial charge is 0.300 e. The molecule has 1 unspecified atom stereocenters. The summed E-state index contributed by atoms with van der Waals surface area (Å²) in [5, 5.41) is 12.5. The lowest BCUT2D eigenvalue weighted by atomic mass is 9.94. The first-order chi connectivity index (χ1) is 17.7. The minimum Gasteiger partial charge on any atom is -0.507 e. The summed E-state index contributed by atoms with van der Waals surface area (Å²) >= 11 is 0. The van der Waals surface area contributed by atoms with Crippen molar-refractivity contribution in [2.75, 3.05) is 4.90 Å². The summed E-state index contributed by atoms with van der Waals surface area (Å²) in [6.07, 6.45) is 1.88. The molecule has 1 aliphatic rings. The number of benzene rings is 3. The average Bonchev–Trinajstić information content (AvgIpc) is 3.33. The molecule has 1 N–H and O–H groups in total. The van der Waals surface area contributed by atoms with Crippen molar-refractivity contribution in [3.05, 3.63) is 101 Å². The summed E-state index contributed by atoms with van der Waals surface area (Å²) in [6.45, 7) is 7.81. The second-order valence-electron chi connectivity index (χ2n) is 9.84. The number of hydrogen-bond donors (Lipinski definition) is 1. The predicted molar refractivity (Wildman–Crippen MR) is 146 cm³/mol. The minimum atomic E-state index is -0.803. The Morgan fingerprint density at radius 3 is 2.43 bits per heavy atom. The van der Waals surface area contributed by atoms with Gasteiger partial charge in [0.25, 0.3) is 11.7 Å². The summed E-state index contributed by atoms with van der Waals surface area (Å²) in [4.78, 5) is 28.7. The van der Waals surface area contributed by atoms with Crippen LogP contribution in [0.15, 0.2) is 78.5 Å². The monoisotopic (exact) mass is 494 g/mol. The molecule has 3 aromatic carbocycles. The number of nitrogens with zero attached hydrogens (tertiary/aromatic N) is 2. The molecular weight excluding hydrogens is 464 g/mol. The van der Waals surface area contributed by atoms with E-state index in [0.717, 1.165) is 27.6 Å². The molecule has 4 aromatic rings. The van der Waals surface area contributed by atoms with E-state index in [-0.39, 0.29) is 17.4 Å². The molecule has 0 saturated carbocycles. The van der Waals surface area contributed by atoms with Gasteiger partial charge in [-0.2, -0.15) is 0 Å². The van der Waals surface area contributed by atoms with Crippen LogP contribution in [-0.2, 0) is 16.6 Å². The summed E-state index contributed by atoms with van der Waals surface area (Å²) in [5.41, 5.74) is 4.92. The van der Waals surface area contributed by atoms with Crippen molar-refractivity contribution in [3.8, 4) is 5.75 Å². The van der Waals surface area contributed by atoms with E-state index >= 15 is 0 Å². The van der Waals surface area contributed by atoms with Crippen molar-refractivity contribution < 1.29 is 19.4 Å². The molecule has 1 aromatic heterocycles. The van der Waals surface area contributed by atoms with E-state index in [4.69, 9.17) is 4.74 Å². The van der Waals surface area contributed by atoms with Crippen LogP contribution in [0, 0.1) is 13.8 Å². The number of ether oxygens (including phenoxy) is 1. The quantitative estimate of drug-likeness (QED) is 0.203. The van der Waals surface area contributed by atoms with E-state index < -0.39 is 17.7 Å². The van der Waals surface area contributed by atoms with Crippen molar-refractivity contribution >= 4 is 34.0 Å². The predicted octanol–water partition coefficient (Wildman–Crippen LogP) is 6.21. The average molecular weight is 495 g/mol. The molecular formula is C31H30N2O4. The van der Waals surface area contributed by atoms with Gasteiger partial charge in [-0.15, -0.1) is 0 Å². The Labute approximate surface area is 216 Å². The third kappa shape index (κ3) is 4.18. The number of para-hydroxylation sites is 1. The minimum absolute atomic E-state index is 0.0524. The fourth-order valence-electron chi connectivity index (χ4n) is 5.00. The molecule has 37 heavy (non-hydrogen) atoms. The van der Waals surface area contributed by atoms with Gasteiger partial charge in [-0.3, -0.25) is 14.5 Å². The van der Waals surface area contributed by atoms with Gasteiger partial charge in [0.2, 0.25) is 0 Å². The van der Waals surface area contributed by atoms with Crippen LogP contribution in [0.5, 0.6) is 5.75 Å². The van der Waals surface area contributed by atoms with Crippen LogP contribution in [0.4, 0.5) is 5.69 Å². The molecule has 1 amide bonds. The van der Waals surface area contributed by atoms with E-state index in [0.29, 0.717) is 17.0 Å². The number of rotatable bonds is 5. The first-order valence-corrected chi connectivity index (χ1v) is 12.4. The molecule has 1 aliphatic heterocycles. The normalized spacial score (nSPS) is 17.2. The Bertz CT molecular complexity index is 1580. The van der Waals surface area contributed by atoms with Gasteiger partial charge in [-0.05, 0) is 69.2 Å². The van der Waals surface area contributed by atoms with Gasteiger partial charge in [-0.1, -0.05) is 36.4 Å². The highest BCUT2D eigenvalue weighted by molar-refractivity contribution is 6.52. The maximum absolute atomic E-state index is 13.6. The van der Waals surface area contributed by atoms with Crippen molar-refractivity contribution in [1.29, 1.82) is 0 Å². The summed E-state index contributed by atoms with van der Waals surface area (Å²) < 4.78 is 7.78. The fraction of sp³-hybridized carbons (Fsp3) is 0.226. The SMILES string of the molecule is Cc1ccc(N2C(=O)C(=O)/C(=C(/O)c3cccc(OC(C)C)c3)C2c2cn(C)c3ccccc23)cc1C. The van der Waals surface area contributed by atoms with E-state index in [1.54, 1.807) is 24.3 Å². The summed E-state index contributed by atoms with van der Waals surface area (Å²) in [6, 6.07) is 19.7. The zero-order valence-electron chi connectivity index (χ0n) is 21.6. The number of aryl methyl sites for hydroxylation is 3. The highest BCUT2D eigenvalue weighted by Gasteiger charge is 2.48. The Morgan fingerprint density at radius 1 is 0.946 bits per heavy atom. The van der Waals surface area contributed by atoms with E-state index in [2.05, 4.69) is 0 Å². The first kappa shape index (κ1) is 24.4. The van der Waals surface area contributed by atoms with Crippen LogP contribution < -0.4 is 9.64 Å². The molecule has 0 aliphatic carbocycles. The van der Waals surface area contributed by atoms with Crippen molar-refractivity contribution in [3.63, 3.8) is 0 Å². The number of carbonyl (C=O) groups is 2. The molecule has 5 rings (SSSR count). The molecule has 0 radical (unpaired) electrons. The number of aromatic nitrogens is 1. The lowest BCUT2D eigenvalue weighted by Gasteiger charge is -2.25. The van der Waals surface area contributed by atoms with Gasteiger partial charge in [0.1, 0.15) is 11.5 Å². The standard InChI is InChI=1S/C31H30N2O4/c1-18(2)37-23-10-8-9-21(16-23)29(34)27-28(25-17-32(5)26-12-7-6-11-24(25)26)33(31(36)30(27)35)22-14-13-19(3)20(4)15-22/h6-18,28,34H,1-5H3/b29-27+. The first-order valence-electron chi connectivity index (χ1n) is 12.4. The Morgan fingerprint density at radius 2 is 1.70 bits per heavy atom. The highest BCUT2D eigenvalue weighted by atomic mass is 16.5. The largest absolute Gasteiger partial charge is 0.507 e. The van der Waals surface area contributed by atoms with Gasteiger partial charge in [0, 0.05) is 41.0 Å². The molecule has 0 bridgehead atoms. The van der Waals surface area contributed by atoms with Crippen molar-refractivity contribution in [1.82, 2.24) is 4.57 Å². The molecule has 6 nitrogen and oxygen atoms in total. The Hall–Kier alpha value is -4.32. The van der Waals surface area contributed by atoms with Crippen molar-refractivity contribution in [2.45, 2.75) is 39.8 Å². The third-order valence-electron chi connectivity index (χ3n) is 6.91. The zero-order valence-corrected chi connectivity index (χ0v) is 21.6. The lowest BCUT2D eigenvalue weighted by molar-refractivity contribution is -0.132. The third-order valence-corrected chi connectivity index (χ3v) is 6.91. The maximum atomic E-state index is 13.6.